The number of benzene rings is 1. The highest BCUT2D eigenvalue weighted by molar-refractivity contribution is 5.91. The summed E-state index contributed by atoms with van der Waals surface area (Å²) >= 11 is 0. The number of ether oxygens (including phenoxy) is 8. The molecule has 36 nitrogen and oxygen atoms in total. The van der Waals surface area contributed by atoms with E-state index in [1.54, 1.807) is 105 Å². The number of aliphatic carboxylic acids is 5. The number of carbonyl (C=O) groups excluding carboxylic acids is 12. The summed E-state index contributed by atoms with van der Waals surface area (Å²) in [5.41, 5.74) is 0.729. The number of nitrogens with zero attached hydrogens (tertiary/aromatic N) is 7. The fraction of sp³-hybridized carbons (Fsp3) is 0.659. The summed E-state index contributed by atoms with van der Waals surface area (Å²) in [5, 5.41) is 54.6. The van der Waals surface area contributed by atoms with Crippen LogP contribution in [0.4, 0.5) is 4.79 Å². The van der Waals surface area contributed by atoms with Gasteiger partial charge < -0.3 is 132 Å². The van der Waals surface area contributed by atoms with Gasteiger partial charge >= 0.3 is 18.0 Å². The number of fused-ring (bicyclic) bond motifs is 12. The summed E-state index contributed by atoms with van der Waals surface area (Å²) in [7, 11) is 3.45. The number of carbonyl (C=O) groups is 13. The van der Waals surface area contributed by atoms with E-state index in [0.29, 0.717) is 65.4 Å². The highest BCUT2D eigenvalue weighted by atomic mass is 16.6. The molecule has 0 aromatic heterocycles. The highest BCUT2D eigenvalue weighted by Crippen LogP contribution is 2.46. The van der Waals surface area contributed by atoms with Gasteiger partial charge in [0.2, 0.25) is 35.4 Å². The van der Waals surface area contributed by atoms with Gasteiger partial charge in [-0.3, -0.25) is 38.4 Å². The SMILES string of the molecule is C.CC(C)(C)OC(=O)N1CCN(C(=O)C2C(C(=O)O)[C@H]3C=C[C@@H]2O3)CC1.CC[NH+]1CCN(C(=O)C2C(C(=O)[O-])[C@H]3C=C[C@@H]2O3)CC1.COC(=O)C1C(C(=O)N2CCCCC2)[C@@H]2C=C[C@H]1O2.C[NH+]1CCN(C(=O)C2C(C(=O)[O-])[C@H]3C=C[C@@H]2O3)CC1.O=C([O-])C1C(C(=O)N2CCCCC2)[C@@H]2C=C[C@H]1O2.O=C([O-])C1C(C(=O)N2CC[NH+](Cc3ccccc3)CC2)[C@@H]2C=C[C@H]1O2. The third-order valence-electron chi connectivity index (χ3n) is 27.8. The smallest absolute Gasteiger partial charge is 0.410 e. The van der Waals surface area contributed by atoms with Gasteiger partial charge in [0, 0.05) is 105 Å². The number of rotatable bonds is 15. The van der Waals surface area contributed by atoms with E-state index in [1.807, 2.05) is 41.3 Å². The van der Waals surface area contributed by atoms with Crippen LogP contribution in [-0.2, 0) is 102 Å². The first-order valence-electron chi connectivity index (χ1n) is 44.8. The van der Waals surface area contributed by atoms with Crippen LogP contribution < -0.4 is 35.1 Å². The van der Waals surface area contributed by atoms with E-state index < -0.39 is 167 Å². The topological polar surface area (TPSA) is 444 Å². The number of carboxylic acid groups (broad SMARTS) is 5. The molecule has 12 bridgehead atoms. The maximum absolute atomic E-state index is 12.9. The van der Waals surface area contributed by atoms with Crippen LogP contribution in [0.2, 0.25) is 0 Å². The number of piperidine rings is 2. The third-order valence-corrected chi connectivity index (χ3v) is 27.8. The van der Waals surface area contributed by atoms with Gasteiger partial charge in [-0.15, -0.1) is 0 Å². The Bertz CT molecular complexity index is 4360. The maximum atomic E-state index is 12.9. The second kappa shape index (κ2) is 41.3. The number of esters is 1. The van der Waals surface area contributed by atoms with Gasteiger partial charge in [-0.2, -0.15) is 0 Å². The predicted octanol–water partition coefficient (Wildman–Crippen LogP) is -6.64. The Kier molecular flexibility index (Phi) is 30.8. The zero-order valence-corrected chi connectivity index (χ0v) is 72.3. The average molecular weight is 1770 g/mol. The van der Waals surface area contributed by atoms with Crippen molar-refractivity contribution >= 4 is 77.4 Å². The summed E-state index contributed by atoms with van der Waals surface area (Å²) in [6, 6.07) is 10.3. The number of nitrogens with one attached hydrogen (secondary N) is 3. The Morgan fingerprint density at radius 3 is 0.921 bits per heavy atom. The molecule has 19 rings (SSSR count). The normalized spacial score (nSPS) is 34.6. The molecular weight excluding hydrogens is 1650 g/mol. The van der Waals surface area contributed by atoms with Crippen LogP contribution in [0.5, 0.6) is 0 Å². The van der Waals surface area contributed by atoms with E-state index in [9.17, 15) is 87.9 Å². The van der Waals surface area contributed by atoms with Crippen LogP contribution in [-0.4, -0.2) is 347 Å². The first-order chi connectivity index (χ1) is 60.4. The predicted molar refractivity (Wildman–Crippen MR) is 439 cm³/mol. The largest absolute Gasteiger partial charge is 0.550 e. The lowest BCUT2D eigenvalue weighted by Gasteiger charge is -2.37. The van der Waals surface area contributed by atoms with Crippen LogP contribution in [0.15, 0.2) is 103 Å². The molecule has 12 unspecified atom stereocenters. The Labute approximate surface area is 739 Å². The molecule has 4 N–H and O–H groups in total. The first kappa shape index (κ1) is 94.8. The minimum absolute atomic E-state index is 0. The van der Waals surface area contributed by atoms with Crippen molar-refractivity contribution in [2.24, 2.45) is 71.0 Å². The first-order valence-corrected chi connectivity index (χ1v) is 44.8. The van der Waals surface area contributed by atoms with Crippen LogP contribution in [0.3, 0.4) is 0 Å². The number of likely N-dealkylation sites (tertiary alicyclic amines) is 2. The van der Waals surface area contributed by atoms with E-state index in [-0.39, 0.29) is 67.2 Å². The molecule has 0 spiro atoms. The minimum Gasteiger partial charge on any atom is -0.550 e. The van der Waals surface area contributed by atoms with Gasteiger partial charge in [0.15, 0.2) is 0 Å². The molecule has 0 radical (unpaired) electrons. The molecule has 0 aliphatic carbocycles. The molecule has 1 aromatic carbocycles. The molecule has 36 heteroatoms. The summed E-state index contributed by atoms with van der Waals surface area (Å²) in [4.78, 5) is 173. The molecule has 18 heterocycles. The molecular formula is C91H123N10O26-. The van der Waals surface area contributed by atoms with E-state index in [2.05, 4.69) is 26.1 Å². The van der Waals surface area contributed by atoms with Gasteiger partial charge in [-0.25, -0.2) is 4.79 Å². The highest BCUT2D eigenvalue weighted by Gasteiger charge is 2.59. The van der Waals surface area contributed by atoms with Gasteiger partial charge in [0.1, 0.15) is 24.0 Å². The maximum Gasteiger partial charge on any atom is 0.410 e. The van der Waals surface area contributed by atoms with E-state index in [0.717, 1.165) is 111 Å². The number of hydrogen-bond acceptors (Lipinski definition) is 25. The fourth-order valence-electron chi connectivity index (χ4n) is 21.0. The number of amides is 7. The summed E-state index contributed by atoms with van der Waals surface area (Å²) in [5.74, 6) is -14.9. The monoisotopic (exact) mass is 1770 g/mol. The van der Waals surface area contributed by atoms with Crippen LogP contribution in [0.1, 0.15) is 79.2 Å². The molecule has 0 saturated carbocycles. The lowest BCUT2D eigenvalue weighted by atomic mass is 9.81. The van der Waals surface area contributed by atoms with E-state index in [4.69, 9.17) is 37.9 Å². The number of carboxylic acids is 5. The Morgan fingerprint density at radius 1 is 0.362 bits per heavy atom. The van der Waals surface area contributed by atoms with Gasteiger partial charge in [0.25, 0.3) is 0 Å². The zero-order chi connectivity index (χ0) is 89.7. The van der Waals surface area contributed by atoms with E-state index >= 15 is 0 Å². The van der Waals surface area contributed by atoms with Gasteiger partial charge in [-0.05, 0) is 66.2 Å². The van der Waals surface area contributed by atoms with Crippen molar-refractivity contribution in [3.63, 3.8) is 0 Å². The van der Waals surface area contributed by atoms with Crippen molar-refractivity contribution in [2.45, 2.75) is 159 Å². The number of quaternary nitrogens is 3. The Balaban J connectivity index is 0.000000131. The standard InChI is InChI=1S/C19H22N2O4.C17H24N2O6.C14H20N2O4.C14H19NO4.C13H18N2O4.C13H17NO4.CH4/c22-18(16-14-6-7-15(25-14)17(16)19(23)24)21-10-8-20(9-11-21)12-13-4-2-1-3-5-13;1-17(2,3)25-16(23)19-8-6-18(7-9-19)14(20)12-10-4-5-11(24-10)13(12)15(21)22;1-2-15-5-7-16(8-6-15)13(17)11-9-3-4-10(20-9)12(11)14(18)19;1-18-14(17)12-10-6-5-9(19-10)11(12)13(16)15-7-3-2-4-8-15;1-14-4-6-15(7-5-14)12(16)10-8-2-3-9(19-8)11(10)13(17)18;15-12(14-6-2-1-3-7-14)10-8-4-5-9(18-8)11(10)13(16)17;/h1-7,14-17H,8-12H2,(H,23,24);4-5,10-13H,6-9H2,1-3H3,(H,21,22);3-4,9-12H,2,5-8H2,1H3,(H,18,19);5-6,9-12H,2-4,7-8H2,1H3;2-3,8-11H,4-7H2,1H3,(H,17,18);4-5,8-11H,1-3,6-7H2,(H,16,17);1H4/p-1/t14-,15+,16?,17?;10-,11+,12?,13?;2*9-,10+,11?,12?;2*8-,9+,10?,11?;/m000000./s1. The van der Waals surface area contributed by atoms with Crippen molar-refractivity contribution in [2.75, 3.05) is 152 Å². The minimum atomic E-state index is -1.19. The molecule has 12 fully saturated rings. The zero-order valence-electron chi connectivity index (χ0n) is 72.3. The number of methoxy groups -OCH3 is 1. The average Bonchev–Trinajstić information content (AvgIpc) is 1.61. The molecule has 1 aromatic rings. The Hall–Kier alpha value is -9.79. The van der Waals surface area contributed by atoms with Crippen LogP contribution in [0.25, 0.3) is 0 Å². The van der Waals surface area contributed by atoms with Crippen LogP contribution in [0, 0.1) is 71.0 Å². The molecule has 694 valence electrons. The van der Waals surface area contributed by atoms with Gasteiger partial charge in [-0.1, -0.05) is 111 Å². The molecule has 12 saturated heterocycles. The Morgan fingerprint density at radius 2 is 0.622 bits per heavy atom. The number of hydrogen-bond donors (Lipinski definition) is 4. The van der Waals surface area contributed by atoms with Crippen molar-refractivity contribution in [3.05, 3.63) is 109 Å². The summed E-state index contributed by atoms with van der Waals surface area (Å²) in [6.07, 6.45) is 22.2. The quantitative estimate of drug-likeness (QED) is 0.0937. The molecule has 18 aliphatic rings. The lowest BCUT2D eigenvalue weighted by molar-refractivity contribution is -0.917. The second-order valence-corrected chi connectivity index (χ2v) is 36.7. The molecule has 127 heavy (non-hydrogen) atoms. The fourth-order valence-corrected chi connectivity index (χ4v) is 21.0. The van der Waals surface area contributed by atoms with E-state index in [1.165, 1.54) is 33.8 Å². The number of piperazine rings is 4. The second-order valence-electron chi connectivity index (χ2n) is 36.7. The summed E-state index contributed by atoms with van der Waals surface area (Å²) < 4.78 is 43.5. The number of likely N-dealkylation sites (N-methyl/N-ethyl adjacent to an activating group) is 2. The van der Waals surface area contributed by atoms with Crippen molar-refractivity contribution in [1.82, 2.24) is 34.3 Å². The van der Waals surface area contributed by atoms with Crippen molar-refractivity contribution < 1.29 is 140 Å². The molecule has 18 aliphatic heterocycles. The van der Waals surface area contributed by atoms with Crippen LogP contribution >= 0.6 is 0 Å². The van der Waals surface area contributed by atoms with Crippen molar-refractivity contribution in [3.8, 4) is 0 Å². The van der Waals surface area contributed by atoms with Crippen molar-refractivity contribution in [1.29, 1.82) is 0 Å². The summed E-state index contributed by atoms with van der Waals surface area (Å²) in [6.45, 7) is 23.5. The molecule has 7 amide bonds. The third kappa shape index (κ3) is 20.9. The van der Waals surface area contributed by atoms with Gasteiger partial charge in [0.05, 0.1) is 208 Å². The lowest BCUT2D eigenvalue weighted by Crippen LogP contribution is -3.14. The molecule has 24 atom stereocenters.